The Labute approximate surface area is 125 Å². The van der Waals surface area contributed by atoms with Crippen molar-refractivity contribution in [3.8, 4) is 0 Å². The van der Waals surface area contributed by atoms with E-state index in [1.807, 2.05) is 0 Å². The molecule has 1 aromatic heterocycles. The van der Waals surface area contributed by atoms with Gasteiger partial charge in [-0.3, -0.25) is 10.1 Å². The van der Waals surface area contributed by atoms with E-state index in [1.165, 1.54) is 30.5 Å². The molecule has 7 nitrogen and oxygen atoms in total. The van der Waals surface area contributed by atoms with Crippen LogP contribution in [0.3, 0.4) is 0 Å². The molecule has 2 aromatic rings. The van der Waals surface area contributed by atoms with Crippen LogP contribution in [0.1, 0.15) is 5.56 Å². The molecule has 0 atom stereocenters. The maximum atomic E-state index is 12.3. The van der Waals surface area contributed by atoms with Crippen molar-refractivity contribution in [3.05, 3.63) is 57.2 Å². The molecule has 21 heavy (non-hydrogen) atoms. The van der Waals surface area contributed by atoms with Crippen LogP contribution < -0.4 is 5.73 Å². The van der Waals surface area contributed by atoms with E-state index in [9.17, 15) is 18.5 Å². The van der Waals surface area contributed by atoms with Crippen LogP contribution in [0.25, 0.3) is 0 Å². The number of aromatic nitrogens is 1. The zero-order valence-corrected chi connectivity index (χ0v) is 12.1. The lowest BCUT2D eigenvalue weighted by atomic mass is 10.2. The summed E-state index contributed by atoms with van der Waals surface area (Å²) < 4.78 is 24.6. The number of pyridine rings is 1. The maximum absolute atomic E-state index is 12.3. The lowest BCUT2D eigenvalue weighted by Crippen LogP contribution is -2.11. The monoisotopic (exact) mass is 327 g/mol. The Balaban J connectivity index is 2.47. The summed E-state index contributed by atoms with van der Waals surface area (Å²) in [4.78, 5) is 14.0. The summed E-state index contributed by atoms with van der Waals surface area (Å²) in [7, 11) is -3.90. The van der Waals surface area contributed by atoms with E-state index in [2.05, 4.69) is 4.98 Å². The highest BCUT2D eigenvalue weighted by Crippen LogP contribution is 2.27. The number of halogens is 1. The second-order valence-electron chi connectivity index (χ2n) is 4.19. The van der Waals surface area contributed by atoms with Gasteiger partial charge in [0.25, 0.3) is 5.69 Å². The van der Waals surface area contributed by atoms with E-state index in [1.54, 1.807) is 0 Å². The largest absolute Gasteiger partial charge is 0.396 e. The van der Waals surface area contributed by atoms with E-state index in [0.717, 1.165) is 6.07 Å². The summed E-state index contributed by atoms with van der Waals surface area (Å²) in [6.07, 6.45) is 1.29. The minimum atomic E-state index is -3.90. The molecule has 0 aliphatic heterocycles. The van der Waals surface area contributed by atoms with Crippen molar-refractivity contribution < 1.29 is 13.3 Å². The molecule has 9 heteroatoms. The number of anilines is 1. The molecule has 0 fully saturated rings. The summed E-state index contributed by atoms with van der Waals surface area (Å²) in [6, 6.07) is 6.70. The third-order valence-corrected chi connectivity index (χ3v) is 4.54. The minimum absolute atomic E-state index is 0.00545. The van der Waals surface area contributed by atoms with Gasteiger partial charge in [-0.15, -0.1) is 0 Å². The summed E-state index contributed by atoms with van der Waals surface area (Å²) in [6.45, 7) is 0. The number of nitro benzene ring substituents is 1. The summed E-state index contributed by atoms with van der Waals surface area (Å²) in [5.41, 5.74) is 5.24. The Bertz CT molecular complexity index is 808. The van der Waals surface area contributed by atoms with Crippen LogP contribution in [-0.2, 0) is 15.6 Å². The highest BCUT2D eigenvalue weighted by Gasteiger charge is 2.24. The first-order valence-corrected chi connectivity index (χ1v) is 7.70. The molecular weight excluding hydrogens is 318 g/mol. The molecule has 2 rings (SSSR count). The topological polar surface area (TPSA) is 116 Å². The number of benzene rings is 1. The van der Waals surface area contributed by atoms with Crippen molar-refractivity contribution in [3.63, 3.8) is 0 Å². The number of nitrogen functional groups attached to an aromatic ring is 1. The predicted octanol–water partition coefficient (Wildman–Crippen LogP) is 2.20. The van der Waals surface area contributed by atoms with Gasteiger partial charge in [-0.25, -0.2) is 13.4 Å². The Hall–Kier alpha value is -2.19. The van der Waals surface area contributed by atoms with Crippen LogP contribution in [0.15, 0.2) is 41.6 Å². The molecule has 0 radical (unpaired) electrons. The predicted molar refractivity (Wildman–Crippen MR) is 77.6 cm³/mol. The Morgan fingerprint density at radius 1 is 1.33 bits per heavy atom. The lowest BCUT2D eigenvalue weighted by Gasteiger charge is -2.07. The fraction of sp³-hybridized carbons (Fsp3) is 0.0833. The molecule has 0 saturated heterocycles. The summed E-state index contributed by atoms with van der Waals surface area (Å²) >= 11 is 5.69. The van der Waals surface area contributed by atoms with Gasteiger partial charge in [0.15, 0.2) is 5.03 Å². The van der Waals surface area contributed by atoms with Gasteiger partial charge in [0.05, 0.1) is 16.4 Å². The van der Waals surface area contributed by atoms with Crippen LogP contribution in [-0.4, -0.2) is 18.3 Å². The molecular formula is C12H10ClN3O4S. The van der Waals surface area contributed by atoms with Crippen molar-refractivity contribution in [1.29, 1.82) is 0 Å². The van der Waals surface area contributed by atoms with Crippen LogP contribution in [0.4, 0.5) is 11.4 Å². The number of nitrogens with two attached hydrogens (primary N) is 1. The van der Waals surface area contributed by atoms with Gasteiger partial charge in [0.2, 0.25) is 9.84 Å². The standard InChI is InChI=1S/C12H10ClN3O4S/c13-9-4-3-8(11(6-9)16(17)18)7-21(19,20)12-10(14)2-1-5-15-12/h1-6H,7,14H2. The zero-order valence-electron chi connectivity index (χ0n) is 10.6. The van der Waals surface area contributed by atoms with E-state index in [-0.39, 0.29) is 27.0 Å². The fourth-order valence-electron chi connectivity index (χ4n) is 1.77. The van der Waals surface area contributed by atoms with Crippen molar-refractivity contribution in [1.82, 2.24) is 4.98 Å². The summed E-state index contributed by atoms with van der Waals surface area (Å²) in [5, 5.41) is 10.8. The van der Waals surface area contributed by atoms with Crippen molar-refractivity contribution in [2.75, 3.05) is 5.73 Å². The number of nitrogens with zero attached hydrogens (tertiary/aromatic N) is 2. The van der Waals surface area contributed by atoms with E-state index in [4.69, 9.17) is 17.3 Å². The van der Waals surface area contributed by atoms with Crippen LogP contribution in [0.5, 0.6) is 0 Å². The van der Waals surface area contributed by atoms with Gasteiger partial charge >= 0.3 is 0 Å². The molecule has 2 N–H and O–H groups in total. The number of hydrogen-bond acceptors (Lipinski definition) is 6. The maximum Gasteiger partial charge on any atom is 0.275 e. The Kier molecular flexibility index (Phi) is 4.10. The second kappa shape index (κ2) is 5.66. The SMILES string of the molecule is Nc1cccnc1S(=O)(=O)Cc1ccc(Cl)cc1[N+](=O)[O-]. The van der Waals surface area contributed by atoms with E-state index in [0.29, 0.717) is 0 Å². The molecule has 0 aliphatic carbocycles. The van der Waals surface area contributed by atoms with Crippen molar-refractivity contribution in [2.24, 2.45) is 0 Å². The molecule has 0 spiro atoms. The van der Waals surface area contributed by atoms with Gasteiger partial charge in [0, 0.05) is 22.8 Å². The zero-order chi connectivity index (χ0) is 15.6. The molecule has 0 unspecified atom stereocenters. The van der Waals surface area contributed by atoms with E-state index < -0.39 is 20.5 Å². The first-order chi connectivity index (χ1) is 9.81. The fourth-order valence-corrected chi connectivity index (χ4v) is 3.37. The molecule has 0 saturated carbocycles. The van der Waals surface area contributed by atoms with E-state index >= 15 is 0 Å². The Morgan fingerprint density at radius 3 is 2.67 bits per heavy atom. The first-order valence-electron chi connectivity index (χ1n) is 5.67. The average molecular weight is 328 g/mol. The third-order valence-electron chi connectivity index (χ3n) is 2.68. The molecule has 0 amide bonds. The lowest BCUT2D eigenvalue weighted by molar-refractivity contribution is -0.385. The summed E-state index contributed by atoms with van der Waals surface area (Å²) in [5.74, 6) is -0.582. The van der Waals surface area contributed by atoms with Gasteiger partial charge in [-0.05, 0) is 24.3 Å². The minimum Gasteiger partial charge on any atom is -0.396 e. The molecule has 110 valence electrons. The van der Waals surface area contributed by atoms with Crippen LogP contribution in [0.2, 0.25) is 5.02 Å². The molecule has 0 aliphatic rings. The molecule has 0 bridgehead atoms. The van der Waals surface area contributed by atoms with Crippen molar-refractivity contribution in [2.45, 2.75) is 10.8 Å². The smallest absolute Gasteiger partial charge is 0.275 e. The highest BCUT2D eigenvalue weighted by atomic mass is 35.5. The second-order valence-corrected chi connectivity index (χ2v) is 6.53. The number of sulfone groups is 1. The Morgan fingerprint density at radius 2 is 2.05 bits per heavy atom. The van der Waals surface area contributed by atoms with Gasteiger partial charge < -0.3 is 5.73 Å². The average Bonchev–Trinajstić information content (AvgIpc) is 2.40. The van der Waals surface area contributed by atoms with Crippen LogP contribution >= 0.6 is 11.6 Å². The van der Waals surface area contributed by atoms with Gasteiger partial charge in [0.1, 0.15) is 0 Å². The third kappa shape index (κ3) is 3.29. The van der Waals surface area contributed by atoms with Crippen molar-refractivity contribution >= 4 is 32.8 Å². The van der Waals surface area contributed by atoms with Gasteiger partial charge in [-0.2, -0.15) is 0 Å². The van der Waals surface area contributed by atoms with Gasteiger partial charge in [-0.1, -0.05) is 11.6 Å². The number of hydrogen-bond donors (Lipinski definition) is 1. The number of nitro groups is 1. The molecule has 1 aromatic carbocycles. The normalized spacial score (nSPS) is 11.3. The highest BCUT2D eigenvalue weighted by molar-refractivity contribution is 7.90. The van der Waals surface area contributed by atoms with Crippen LogP contribution in [0, 0.1) is 10.1 Å². The quantitative estimate of drug-likeness (QED) is 0.679. The number of rotatable bonds is 4. The molecule has 1 heterocycles. The first kappa shape index (κ1) is 15.2.